The Morgan fingerprint density at radius 2 is 1.94 bits per heavy atom. The number of anilines is 1. The van der Waals surface area contributed by atoms with E-state index in [9.17, 15) is 18.8 Å². The largest absolute Gasteiger partial charge is 0.490 e. The molecule has 2 aromatic carbocycles. The number of amides is 3. The predicted octanol–water partition coefficient (Wildman–Crippen LogP) is 3.51. The first-order valence-corrected chi connectivity index (χ1v) is 12.2. The van der Waals surface area contributed by atoms with Gasteiger partial charge < -0.3 is 25.0 Å². The van der Waals surface area contributed by atoms with Gasteiger partial charge in [0.05, 0.1) is 24.1 Å². The summed E-state index contributed by atoms with van der Waals surface area (Å²) in [6, 6.07) is 11.1. The van der Waals surface area contributed by atoms with Gasteiger partial charge in [-0.2, -0.15) is 0 Å². The molecule has 0 saturated carbocycles. The van der Waals surface area contributed by atoms with Crippen molar-refractivity contribution in [2.45, 2.75) is 57.9 Å². The van der Waals surface area contributed by atoms with Crippen LogP contribution in [-0.2, 0) is 20.9 Å². The van der Waals surface area contributed by atoms with Crippen molar-refractivity contribution in [2.24, 2.45) is 5.92 Å². The Hall–Kier alpha value is -3.46. The van der Waals surface area contributed by atoms with E-state index < -0.39 is 6.10 Å². The van der Waals surface area contributed by atoms with Crippen LogP contribution in [0.15, 0.2) is 42.5 Å². The van der Waals surface area contributed by atoms with E-state index in [0.29, 0.717) is 35.4 Å². The molecule has 2 heterocycles. The van der Waals surface area contributed by atoms with E-state index in [2.05, 4.69) is 10.6 Å². The third-order valence-corrected chi connectivity index (χ3v) is 6.65. The number of carbonyl (C=O) groups excluding carboxylic acids is 3. The first kappa shape index (κ1) is 25.6. The molecule has 0 aromatic heterocycles. The third-order valence-electron chi connectivity index (χ3n) is 6.65. The van der Waals surface area contributed by atoms with Gasteiger partial charge >= 0.3 is 0 Å². The van der Waals surface area contributed by atoms with Crippen LogP contribution in [0.3, 0.4) is 0 Å². The first-order valence-electron chi connectivity index (χ1n) is 12.2. The number of hydrogen-bond acceptors (Lipinski definition) is 5. The number of likely N-dealkylation sites (N-methyl/N-ethyl adjacent to an activating group) is 1. The number of hydrogen-bond donors (Lipinski definition) is 2. The summed E-state index contributed by atoms with van der Waals surface area (Å²) >= 11 is 0. The molecule has 2 aromatic rings. The molecule has 9 heteroatoms. The molecule has 192 valence electrons. The first-order chi connectivity index (χ1) is 17.2. The van der Waals surface area contributed by atoms with Crippen molar-refractivity contribution in [1.82, 2.24) is 10.2 Å². The molecular weight excluding hydrogens is 465 g/mol. The minimum atomic E-state index is -0.398. The normalized spacial score (nSPS) is 21.5. The molecule has 1 fully saturated rings. The number of benzene rings is 2. The van der Waals surface area contributed by atoms with Gasteiger partial charge in [0.15, 0.2) is 0 Å². The van der Waals surface area contributed by atoms with E-state index in [1.165, 1.54) is 6.07 Å². The van der Waals surface area contributed by atoms with Crippen LogP contribution in [0.25, 0.3) is 0 Å². The van der Waals surface area contributed by atoms with Crippen LogP contribution < -0.4 is 15.4 Å². The maximum absolute atomic E-state index is 13.8. The van der Waals surface area contributed by atoms with Crippen LogP contribution >= 0.6 is 0 Å². The second-order valence-electron chi connectivity index (χ2n) is 9.60. The second-order valence-corrected chi connectivity index (χ2v) is 9.60. The lowest BCUT2D eigenvalue weighted by Crippen LogP contribution is -2.53. The maximum Gasteiger partial charge on any atom is 0.257 e. The van der Waals surface area contributed by atoms with E-state index in [1.54, 1.807) is 62.2 Å². The van der Waals surface area contributed by atoms with Gasteiger partial charge in [-0.15, -0.1) is 0 Å². The van der Waals surface area contributed by atoms with Crippen molar-refractivity contribution in [1.29, 1.82) is 0 Å². The van der Waals surface area contributed by atoms with E-state index >= 15 is 0 Å². The summed E-state index contributed by atoms with van der Waals surface area (Å²) in [6.07, 6.45) is 0.673. The highest BCUT2D eigenvalue weighted by Crippen LogP contribution is 2.32. The predicted molar refractivity (Wildman–Crippen MR) is 132 cm³/mol. The lowest BCUT2D eigenvalue weighted by Gasteiger charge is -2.42. The standard InChI is InChI=1S/C27H32FN3O5/c1-16(2)26(33)30-18-8-11-23-20(12-18)27(34)31(3)22-10-9-19(36-24(22)15-35-23)13-25(32)29-14-17-6-4-5-7-21(17)28/h4-8,11-12,16,19,22,24H,9-10,13-15H2,1-3H3,(H,29,32)(H,30,33)/t19-,22-,24+/m1/s1. The van der Waals surface area contributed by atoms with Gasteiger partial charge in [-0.1, -0.05) is 32.0 Å². The fourth-order valence-corrected chi connectivity index (χ4v) is 4.51. The fourth-order valence-electron chi connectivity index (χ4n) is 4.51. The molecule has 3 amide bonds. The Morgan fingerprint density at radius 3 is 2.69 bits per heavy atom. The monoisotopic (exact) mass is 497 g/mol. The highest BCUT2D eigenvalue weighted by Gasteiger charge is 2.39. The van der Waals surface area contributed by atoms with Crippen LogP contribution in [0.5, 0.6) is 5.75 Å². The number of nitrogens with one attached hydrogen (secondary N) is 2. The van der Waals surface area contributed by atoms with E-state index in [-0.39, 0.29) is 61.2 Å². The molecule has 4 rings (SSSR count). The molecular formula is C27H32FN3O5. The average molecular weight is 498 g/mol. The zero-order valence-corrected chi connectivity index (χ0v) is 20.8. The molecule has 2 aliphatic rings. The molecule has 1 saturated heterocycles. The van der Waals surface area contributed by atoms with Crippen molar-refractivity contribution in [3.05, 3.63) is 59.4 Å². The Kier molecular flexibility index (Phi) is 7.88. The lowest BCUT2D eigenvalue weighted by molar-refractivity contribution is -0.134. The number of nitrogens with zero attached hydrogens (tertiary/aromatic N) is 1. The molecule has 0 bridgehead atoms. The fraction of sp³-hybridized carbons (Fsp3) is 0.444. The van der Waals surface area contributed by atoms with Crippen molar-refractivity contribution in [3.8, 4) is 5.75 Å². The molecule has 2 N–H and O–H groups in total. The topological polar surface area (TPSA) is 97.0 Å². The van der Waals surface area contributed by atoms with Gasteiger partial charge in [0.1, 0.15) is 24.3 Å². The number of rotatable bonds is 6. The summed E-state index contributed by atoms with van der Waals surface area (Å²) in [5.41, 5.74) is 1.35. The zero-order valence-electron chi connectivity index (χ0n) is 20.8. The van der Waals surface area contributed by atoms with Crippen LogP contribution in [0.2, 0.25) is 0 Å². The van der Waals surface area contributed by atoms with Gasteiger partial charge in [-0.3, -0.25) is 14.4 Å². The highest BCUT2D eigenvalue weighted by atomic mass is 19.1. The summed E-state index contributed by atoms with van der Waals surface area (Å²) in [4.78, 5) is 39.5. The van der Waals surface area contributed by atoms with Crippen LogP contribution in [-0.4, -0.2) is 54.5 Å². The van der Waals surface area contributed by atoms with Gasteiger partial charge in [0.25, 0.3) is 5.91 Å². The van der Waals surface area contributed by atoms with Crippen molar-refractivity contribution in [2.75, 3.05) is 19.0 Å². The van der Waals surface area contributed by atoms with E-state index in [4.69, 9.17) is 9.47 Å². The molecule has 0 radical (unpaired) electrons. The summed E-state index contributed by atoms with van der Waals surface area (Å²) in [5, 5.41) is 5.57. The number of carbonyl (C=O) groups is 3. The molecule has 0 spiro atoms. The van der Waals surface area contributed by atoms with Gasteiger partial charge in [0, 0.05) is 30.8 Å². The van der Waals surface area contributed by atoms with Crippen LogP contribution in [0, 0.1) is 11.7 Å². The quantitative estimate of drug-likeness (QED) is 0.637. The van der Waals surface area contributed by atoms with E-state index in [1.807, 2.05) is 0 Å². The molecule has 8 nitrogen and oxygen atoms in total. The van der Waals surface area contributed by atoms with Crippen molar-refractivity contribution >= 4 is 23.4 Å². The van der Waals surface area contributed by atoms with E-state index in [0.717, 1.165) is 0 Å². The smallest absolute Gasteiger partial charge is 0.257 e. The van der Waals surface area contributed by atoms with Gasteiger partial charge in [0.2, 0.25) is 11.8 Å². The summed E-state index contributed by atoms with van der Waals surface area (Å²) < 4.78 is 26.0. The van der Waals surface area contributed by atoms with Gasteiger partial charge in [-0.25, -0.2) is 4.39 Å². The summed E-state index contributed by atoms with van der Waals surface area (Å²) in [7, 11) is 1.74. The molecule has 36 heavy (non-hydrogen) atoms. The molecule has 3 atom stereocenters. The zero-order chi connectivity index (χ0) is 25.8. The number of halogens is 1. The number of fused-ring (bicyclic) bond motifs is 2. The Labute approximate surface area is 210 Å². The highest BCUT2D eigenvalue weighted by molar-refractivity contribution is 6.00. The second kappa shape index (κ2) is 11.1. The SMILES string of the molecule is CC(C)C(=O)Nc1ccc2c(c1)C(=O)N(C)[C@@H]1CC[C@H](CC(=O)NCc3ccccc3F)O[C@H]1CO2. The average Bonchev–Trinajstić information content (AvgIpc) is 2.86. The van der Waals surface area contributed by atoms with Gasteiger partial charge in [-0.05, 0) is 37.1 Å². The third kappa shape index (κ3) is 5.84. The van der Waals surface area contributed by atoms with Crippen molar-refractivity contribution < 1.29 is 28.2 Å². The summed E-state index contributed by atoms with van der Waals surface area (Å²) in [6.45, 7) is 3.93. The molecule has 0 aliphatic carbocycles. The Bertz CT molecular complexity index is 1140. The molecule has 2 aliphatic heterocycles. The molecule has 0 unspecified atom stereocenters. The number of ether oxygens (including phenoxy) is 2. The minimum absolute atomic E-state index is 0.112. The van der Waals surface area contributed by atoms with Crippen LogP contribution in [0.1, 0.15) is 49.0 Å². The van der Waals surface area contributed by atoms with Crippen molar-refractivity contribution in [3.63, 3.8) is 0 Å². The summed E-state index contributed by atoms with van der Waals surface area (Å²) in [5.74, 6) is -0.697. The lowest BCUT2D eigenvalue weighted by atomic mass is 9.94. The maximum atomic E-state index is 13.8. The Balaban J connectivity index is 1.39. The van der Waals surface area contributed by atoms with Crippen LogP contribution in [0.4, 0.5) is 10.1 Å². The minimum Gasteiger partial charge on any atom is -0.490 e. The Morgan fingerprint density at radius 1 is 1.17 bits per heavy atom.